The highest BCUT2D eigenvalue weighted by atomic mass is 16.5. The average molecular weight is 299 g/mol. The van der Waals surface area contributed by atoms with Gasteiger partial charge in [-0.2, -0.15) is 0 Å². The number of unbranched alkanes of at least 4 members (excludes halogenated alkanes) is 6. The summed E-state index contributed by atoms with van der Waals surface area (Å²) in [7, 11) is 0. The monoisotopic (exact) mass is 298 g/mol. The standard InChI is InChI=1S/C19H38O2/c1-5-7-8-12-15-18(6-2)19(20)21-16-13-10-9-11-14-17(3)4/h17-18H,5-16H2,1-4H3. The Morgan fingerprint density at radius 2 is 1.48 bits per heavy atom. The first-order valence-electron chi connectivity index (χ1n) is 9.28. The van der Waals surface area contributed by atoms with Gasteiger partial charge in [0.25, 0.3) is 0 Å². The van der Waals surface area contributed by atoms with Crippen LogP contribution in [0.2, 0.25) is 0 Å². The van der Waals surface area contributed by atoms with Crippen molar-refractivity contribution < 1.29 is 9.53 Å². The molecule has 0 heterocycles. The molecule has 0 aromatic heterocycles. The molecule has 0 saturated carbocycles. The van der Waals surface area contributed by atoms with E-state index in [2.05, 4.69) is 27.7 Å². The van der Waals surface area contributed by atoms with Gasteiger partial charge in [0.05, 0.1) is 12.5 Å². The van der Waals surface area contributed by atoms with Crippen LogP contribution in [-0.2, 0) is 9.53 Å². The van der Waals surface area contributed by atoms with Gasteiger partial charge in [-0.25, -0.2) is 0 Å². The van der Waals surface area contributed by atoms with E-state index in [-0.39, 0.29) is 11.9 Å². The van der Waals surface area contributed by atoms with Crippen molar-refractivity contribution in [2.45, 2.75) is 98.3 Å². The maximum absolute atomic E-state index is 12.0. The van der Waals surface area contributed by atoms with Gasteiger partial charge in [-0.3, -0.25) is 4.79 Å². The van der Waals surface area contributed by atoms with Gasteiger partial charge in [-0.1, -0.05) is 79.1 Å². The van der Waals surface area contributed by atoms with Crippen molar-refractivity contribution in [3.8, 4) is 0 Å². The Morgan fingerprint density at radius 1 is 0.857 bits per heavy atom. The first kappa shape index (κ1) is 20.5. The van der Waals surface area contributed by atoms with Crippen molar-refractivity contribution in [3.05, 3.63) is 0 Å². The molecule has 0 bridgehead atoms. The highest BCUT2D eigenvalue weighted by Gasteiger charge is 2.17. The number of carbonyl (C=O) groups is 1. The zero-order valence-electron chi connectivity index (χ0n) is 15.0. The maximum atomic E-state index is 12.0. The molecule has 1 atom stereocenters. The van der Waals surface area contributed by atoms with Crippen LogP contribution in [0, 0.1) is 11.8 Å². The van der Waals surface area contributed by atoms with E-state index in [4.69, 9.17) is 4.74 Å². The summed E-state index contributed by atoms with van der Waals surface area (Å²) in [4.78, 5) is 12.0. The van der Waals surface area contributed by atoms with Crippen LogP contribution in [0.5, 0.6) is 0 Å². The van der Waals surface area contributed by atoms with E-state index in [1.54, 1.807) is 0 Å². The summed E-state index contributed by atoms with van der Waals surface area (Å²) >= 11 is 0. The van der Waals surface area contributed by atoms with E-state index in [1.165, 1.54) is 44.9 Å². The van der Waals surface area contributed by atoms with E-state index in [9.17, 15) is 4.79 Å². The topological polar surface area (TPSA) is 26.3 Å². The van der Waals surface area contributed by atoms with Crippen LogP contribution in [0.4, 0.5) is 0 Å². The SMILES string of the molecule is CCCCCCC(CC)C(=O)OCCCCCCC(C)C. The zero-order valence-corrected chi connectivity index (χ0v) is 15.0. The molecule has 2 nitrogen and oxygen atoms in total. The molecule has 0 rings (SSSR count). The second kappa shape index (κ2) is 14.4. The van der Waals surface area contributed by atoms with E-state index in [1.807, 2.05) is 0 Å². The molecule has 0 spiro atoms. The number of hydrogen-bond acceptors (Lipinski definition) is 2. The van der Waals surface area contributed by atoms with Crippen molar-refractivity contribution in [2.75, 3.05) is 6.61 Å². The summed E-state index contributed by atoms with van der Waals surface area (Å²) in [6, 6.07) is 0. The van der Waals surface area contributed by atoms with E-state index in [0.29, 0.717) is 6.61 Å². The molecule has 2 heteroatoms. The molecule has 0 aromatic rings. The lowest BCUT2D eigenvalue weighted by atomic mass is 9.98. The summed E-state index contributed by atoms with van der Waals surface area (Å²) < 4.78 is 5.44. The Labute approximate surface area is 133 Å². The van der Waals surface area contributed by atoms with Crippen molar-refractivity contribution in [3.63, 3.8) is 0 Å². The number of esters is 1. The van der Waals surface area contributed by atoms with Crippen LogP contribution >= 0.6 is 0 Å². The predicted molar refractivity (Wildman–Crippen MR) is 91.4 cm³/mol. The van der Waals surface area contributed by atoms with Crippen LogP contribution in [0.3, 0.4) is 0 Å². The van der Waals surface area contributed by atoms with Gasteiger partial charge < -0.3 is 4.74 Å². The molecule has 0 aliphatic rings. The normalized spacial score (nSPS) is 12.6. The van der Waals surface area contributed by atoms with Crippen LogP contribution in [0.25, 0.3) is 0 Å². The highest BCUT2D eigenvalue weighted by Crippen LogP contribution is 2.16. The lowest BCUT2D eigenvalue weighted by molar-refractivity contribution is -0.149. The van der Waals surface area contributed by atoms with Crippen LogP contribution in [0.15, 0.2) is 0 Å². The third-order valence-corrected chi connectivity index (χ3v) is 4.15. The fourth-order valence-corrected chi connectivity index (χ4v) is 2.60. The molecule has 0 N–H and O–H groups in total. The molecule has 0 aliphatic carbocycles. The molecule has 21 heavy (non-hydrogen) atoms. The van der Waals surface area contributed by atoms with Crippen molar-refractivity contribution in [1.29, 1.82) is 0 Å². The second-order valence-electron chi connectivity index (χ2n) is 6.72. The zero-order chi connectivity index (χ0) is 15.9. The van der Waals surface area contributed by atoms with E-state index < -0.39 is 0 Å². The lowest BCUT2D eigenvalue weighted by Gasteiger charge is -2.14. The van der Waals surface area contributed by atoms with E-state index in [0.717, 1.165) is 31.6 Å². The van der Waals surface area contributed by atoms with Gasteiger partial charge >= 0.3 is 5.97 Å². The Hall–Kier alpha value is -0.530. The molecule has 0 saturated heterocycles. The number of carbonyl (C=O) groups excluding carboxylic acids is 1. The van der Waals surface area contributed by atoms with E-state index >= 15 is 0 Å². The van der Waals surface area contributed by atoms with Crippen molar-refractivity contribution >= 4 is 5.97 Å². The first-order chi connectivity index (χ1) is 10.1. The molecular formula is C19H38O2. The number of ether oxygens (including phenoxy) is 1. The van der Waals surface area contributed by atoms with Crippen molar-refractivity contribution in [2.24, 2.45) is 11.8 Å². The van der Waals surface area contributed by atoms with Crippen LogP contribution in [0.1, 0.15) is 98.3 Å². The molecule has 0 aliphatic heterocycles. The maximum Gasteiger partial charge on any atom is 0.308 e. The molecule has 126 valence electrons. The largest absolute Gasteiger partial charge is 0.465 e. The van der Waals surface area contributed by atoms with Gasteiger partial charge in [0.15, 0.2) is 0 Å². The minimum atomic E-state index is 0.0381. The number of rotatable bonds is 14. The van der Waals surface area contributed by atoms with Crippen molar-refractivity contribution in [1.82, 2.24) is 0 Å². The highest BCUT2D eigenvalue weighted by molar-refractivity contribution is 5.72. The Balaban J connectivity index is 3.56. The number of hydrogen-bond donors (Lipinski definition) is 0. The van der Waals surface area contributed by atoms with Gasteiger partial charge in [0, 0.05) is 0 Å². The molecule has 1 unspecified atom stereocenters. The Morgan fingerprint density at radius 3 is 2.10 bits per heavy atom. The van der Waals surface area contributed by atoms with Crippen LogP contribution in [-0.4, -0.2) is 12.6 Å². The Kier molecular flexibility index (Phi) is 14.0. The van der Waals surface area contributed by atoms with Gasteiger partial charge in [0.2, 0.25) is 0 Å². The first-order valence-corrected chi connectivity index (χ1v) is 9.28. The predicted octanol–water partition coefficient (Wildman–Crippen LogP) is 6.13. The lowest BCUT2D eigenvalue weighted by Crippen LogP contribution is -2.17. The Bertz CT molecular complexity index is 236. The minimum absolute atomic E-state index is 0.0381. The molecule has 0 amide bonds. The third-order valence-electron chi connectivity index (χ3n) is 4.15. The fourth-order valence-electron chi connectivity index (χ4n) is 2.60. The second-order valence-corrected chi connectivity index (χ2v) is 6.72. The van der Waals surface area contributed by atoms with Crippen LogP contribution < -0.4 is 0 Å². The minimum Gasteiger partial charge on any atom is -0.465 e. The quantitative estimate of drug-likeness (QED) is 0.285. The molecular weight excluding hydrogens is 260 g/mol. The van der Waals surface area contributed by atoms with Gasteiger partial charge in [-0.05, 0) is 25.2 Å². The summed E-state index contributed by atoms with van der Waals surface area (Å²) in [6.07, 6.45) is 13.0. The van der Waals surface area contributed by atoms with Gasteiger partial charge in [-0.15, -0.1) is 0 Å². The smallest absolute Gasteiger partial charge is 0.308 e. The summed E-state index contributed by atoms with van der Waals surface area (Å²) in [5, 5.41) is 0. The third kappa shape index (κ3) is 12.9. The molecule has 0 radical (unpaired) electrons. The molecule has 0 fully saturated rings. The fraction of sp³-hybridized carbons (Fsp3) is 0.947. The average Bonchev–Trinajstić information content (AvgIpc) is 2.46. The summed E-state index contributed by atoms with van der Waals surface area (Å²) in [5.41, 5.74) is 0. The summed E-state index contributed by atoms with van der Waals surface area (Å²) in [5.74, 6) is 0.972. The summed E-state index contributed by atoms with van der Waals surface area (Å²) in [6.45, 7) is 9.47. The molecule has 0 aromatic carbocycles. The van der Waals surface area contributed by atoms with Gasteiger partial charge in [0.1, 0.15) is 0 Å².